The predicted molar refractivity (Wildman–Crippen MR) is 113 cm³/mol. The zero-order valence-electron chi connectivity index (χ0n) is 16.0. The molecule has 1 N–H and O–H groups in total. The standard InChI is InChI=1S/C22H18F3N3OS/c1-30-20-11-14-8-10-28(19(14)12-17(20)22(23,24)25)21(29)27-18-7-3-2-6-16(18)15-5-4-9-26-13-15/h2-7,9,11-13H,8,10H2,1H3,(H,27,29). The molecule has 3 aromatic rings. The van der Waals surface area contributed by atoms with Crippen LogP contribution in [0.25, 0.3) is 11.1 Å². The molecule has 1 aliphatic rings. The van der Waals surface area contributed by atoms with Crippen LogP contribution in [-0.4, -0.2) is 23.8 Å². The lowest BCUT2D eigenvalue weighted by Crippen LogP contribution is -2.33. The van der Waals surface area contributed by atoms with Crippen molar-refractivity contribution in [3.05, 3.63) is 72.1 Å². The van der Waals surface area contributed by atoms with Crippen LogP contribution in [0.4, 0.5) is 29.3 Å². The van der Waals surface area contributed by atoms with Crippen molar-refractivity contribution in [2.75, 3.05) is 23.0 Å². The molecule has 0 saturated carbocycles. The highest BCUT2D eigenvalue weighted by Gasteiger charge is 2.36. The predicted octanol–water partition coefficient (Wildman–Crippen LogP) is 6.08. The fourth-order valence-corrected chi connectivity index (χ4v) is 4.22. The molecule has 0 atom stereocenters. The highest BCUT2D eigenvalue weighted by molar-refractivity contribution is 7.98. The van der Waals surface area contributed by atoms with Gasteiger partial charge in [0.2, 0.25) is 0 Å². The molecule has 0 bridgehead atoms. The molecule has 2 heterocycles. The summed E-state index contributed by atoms with van der Waals surface area (Å²) in [5.41, 5.74) is 2.51. The highest BCUT2D eigenvalue weighted by atomic mass is 32.2. The van der Waals surface area contributed by atoms with Crippen molar-refractivity contribution in [3.8, 4) is 11.1 Å². The summed E-state index contributed by atoms with van der Waals surface area (Å²) in [6.07, 6.45) is 0.998. The van der Waals surface area contributed by atoms with Gasteiger partial charge in [-0.1, -0.05) is 24.3 Å². The van der Waals surface area contributed by atoms with Gasteiger partial charge in [-0.3, -0.25) is 9.88 Å². The SMILES string of the molecule is CSc1cc2c(cc1C(F)(F)F)N(C(=O)Nc1ccccc1-c1cccnc1)CC2. The number of aromatic nitrogens is 1. The minimum Gasteiger partial charge on any atom is -0.307 e. The maximum Gasteiger partial charge on any atom is 0.417 e. The topological polar surface area (TPSA) is 45.2 Å². The van der Waals surface area contributed by atoms with Crippen molar-refractivity contribution in [1.82, 2.24) is 4.98 Å². The van der Waals surface area contributed by atoms with Crippen LogP contribution < -0.4 is 10.2 Å². The number of benzene rings is 2. The number of para-hydroxylation sites is 1. The Labute approximate surface area is 176 Å². The third-order valence-electron chi connectivity index (χ3n) is 4.99. The van der Waals surface area contributed by atoms with Gasteiger partial charge in [0.15, 0.2) is 0 Å². The molecule has 2 aromatic carbocycles. The van der Waals surface area contributed by atoms with Crippen LogP contribution in [0.3, 0.4) is 0 Å². The van der Waals surface area contributed by atoms with Crippen LogP contribution in [0.15, 0.2) is 65.8 Å². The van der Waals surface area contributed by atoms with E-state index < -0.39 is 17.8 Å². The van der Waals surface area contributed by atoms with E-state index in [1.54, 1.807) is 42.9 Å². The van der Waals surface area contributed by atoms with E-state index in [1.807, 2.05) is 18.2 Å². The zero-order valence-corrected chi connectivity index (χ0v) is 16.8. The molecule has 0 aliphatic carbocycles. The van der Waals surface area contributed by atoms with E-state index in [4.69, 9.17) is 0 Å². The van der Waals surface area contributed by atoms with Gasteiger partial charge >= 0.3 is 12.2 Å². The largest absolute Gasteiger partial charge is 0.417 e. The molecule has 0 fully saturated rings. The van der Waals surface area contributed by atoms with Gasteiger partial charge < -0.3 is 5.32 Å². The van der Waals surface area contributed by atoms with E-state index in [0.717, 1.165) is 34.5 Å². The molecule has 0 radical (unpaired) electrons. The number of anilines is 2. The Balaban J connectivity index is 1.65. The Kier molecular flexibility index (Phi) is 5.42. The van der Waals surface area contributed by atoms with Gasteiger partial charge in [-0.25, -0.2) is 4.79 Å². The Morgan fingerprint density at radius 2 is 1.97 bits per heavy atom. The Morgan fingerprint density at radius 1 is 1.17 bits per heavy atom. The number of pyridine rings is 1. The van der Waals surface area contributed by atoms with Gasteiger partial charge in [-0.2, -0.15) is 13.2 Å². The van der Waals surface area contributed by atoms with Crippen molar-refractivity contribution < 1.29 is 18.0 Å². The second-order valence-corrected chi connectivity index (χ2v) is 7.65. The molecule has 0 saturated heterocycles. The van der Waals surface area contributed by atoms with E-state index in [-0.39, 0.29) is 4.90 Å². The van der Waals surface area contributed by atoms with Gasteiger partial charge in [-0.15, -0.1) is 11.8 Å². The van der Waals surface area contributed by atoms with Crippen molar-refractivity contribution >= 4 is 29.2 Å². The summed E-state index contributed by atoms with van der Waals surface area (Å²) in [5.74, 6) is 0. The maximum absolute atomic E-state index is 13.5. The molecule has 2 amide bonds. The van der Waals surface area contributed by atoms with Crippen LogP contribution in [0.1, 0.15) is 11.1 Å². The second-order valence-electron chi connectivity index (χ2n) is 6.80. The number of hydrogen-bond acceptors (Lipinski definition) is 3. The molecular formula is C22H18F3N3OS. The van der Waals surface area contributed by atoms with Crippen LogP contribution in [0.2, 0.25) is 0 Å². The van der Waals surface area contributed by atoms with Gasteiger partial charge in [0.05, 0.1) is 11.3 Å². The molecule has 0 unspecified atom stereocenters. The van der Waals surface area contributed by atoms with Crippen LogP contribution in [-0.2, 0) is 12.6 Å². The van der Waals surface area contributed by atoms with Crippen molar-refractivity contribution in [2.45, 2.75) is 17.5 Å². The number of nitrogens with one attached hydrogen (secondary N) is 1. The number of amides is 2. The summed E-state index contributed by atoms with van der Waals surface area (Å²) in [5, 5.41) is 2.85. The third-order valence-corrected chi connectivity index (χ3v) is 5.77. The average Bonchev–Trinajstić information content (AvgIpc) is 3.16. The fourth-order valence-electron chi connectivity index (χ4n) is 3.56. The second kappa shape index (κ2) is 8.02. The quantitative estimate of drug-likeness (QED) is 0.513. The summed E-state index contributed by atoms with van der Waals surface area (Å²) >= 11 is 1.06. The van der Waals surface area contributed by atoms with Gasteiger partial charge in [-0.05, 0) is 42.5 Å². The van der Waals surface area contributed by atoms with E-state index >= 15 is 0 Å². The number of carbonyl (C=O) groups excluding carboxylic acids is 1. The van der Waals surface area contributed by atoms with Crippen molar-refractivity contribution in [2.24, 2.45) is 0 Å². The number of alkyl halides is 3. The summed E-state index contributed by atoms with van der Waals surface area (Å²) in [4.78, 5) is 18.6. The Hall–Kier alpha value is -3.00. The molecule has 1 aliphatic heterocycles. The number of halogens is 3. The molecule has 8 heteroatoms. The number of fused-ring (bicyclic) bond motifs is 1. The number of carbonyl (C=O) groups is 1. The molecule has 1 aromatic heterocycles. The zero-order chi connectivity index (χ0) is 21.3. The lowest BCUT2D eigenvalue weighted by Gasteiger charge is -2.21. The molecule has 4 rings (SSSR count). The smallest absolute Gasteiger partial charge is 0.307 e. The number of thioether (sulfide) groups is 1. The third kappa shape index (κ3) is 3.87. The first-order valence-corrected chi connectivity index (χ1v) is 10.5. The van der Waals surface area contributed by atoms with Gasteiger partial charge in [0, 0.05) is 40.6 Å². The lowest BCUT2D eigenvalue weighted by atomic mass is 10.1. The maximum atomic E-state index is 13.5. The average molecular weight is 429 g/mol. The number of urea groups is 1. The first kappa shape index (κ1) is 20.3. The van der Waals surface area contributed by atoms with Crippen LogP contribution >= 0.6 is 11.8 Å². The molecular weight excluding hydrogens is 411 g/mol. The minimum atomic E-state index is -4.48. The van der Waals surface area contributed by atoms with E-state index in [0.29, 0.717) is 24.3 Å². The van der Waals surface area contributed by atoms with E-state index in [1.165, 1.54) is 4.90 Å². The molecule has 4 nitrogen and oxygen atoms in total. The summed E-state index contributed by atoms with van der Waals surface area (Å²) in [6.45, 7) is 0.325. The van der Waals surface area contributed by atoms with Gasteiger partial charge in [0.1, 0.15) is 0 Å². The Morgan fingerprint density at radius 3 is 2.67 bits per heavy atom. The summed E-state index contributed by atoms with van der Waals surface area (Å²) in [7, 11) is 0. The minimum absolute atomic E-state index is 0.172. The number of rotatable bonds is 3. The molecule has 30 heavy (non-hydrogen) atoms. The summed E-state index contributed by atoms with van der Waals surface area (Å²) in [6, 6.07) is 13.1. The number of nitrogens with zero attached hydrogens (tertiary/aromatic N) is 2. The number of hydrogen-bond donors (Lipinski definition) is 1. The lowest BCUT2D eigenvalue weighted by molar-refractivity contribution is -0.139. The van der Waals surface area contributed by atoms with E-state index in [2.05, 4.69) is 10.3 Å². The first-order valence-electron chi connectivity index (χ1n) is 9.24. The molecule has 0 spiro atoms. The normalized spacial score (nSPS) is 13.3. The van der Waals surface area contributed by atoms with Crippen molar-refractivity contribution in [1.29, 1.82) is 0 Å². The van der Waals surface area contributed by atoms with Gasteiger partial charge in [0.25, 0.3) is 0 Å². The molecule has 154 valence electrons. The summed E-state index contributed by atoms with van der Waals surface area (Å²) < 4.78 is 40.4. The fraction of sp³-hybridized carbons (Fsp3) is 0.182. The monoisotopic (exact) mass is 429 g/mol. The first-order chi connectivity index (χ1) is 14.4. The highest BCUT2D eigenvalue weighted by Crippen LogP contribution is 2.42. The Bertz CT molecular complexity index is 1090. The van der Waals surface area contributed by atoms with Crippen LogP contribution in [0, 0.1) is 0 Å². The van der Waals surface area contributed by atoms with E-state index in [9.17, 15) is 18.0 Å². The van der Waals surface area contributed by atoms with Crippen molar-refractivity contribution in [3.63, 3.8) is 0 Å². The van der Waals surface area contributed by atoms with Crippen LogP contribution in [0.5, 0.6) is 0 Å².